The van der Waals surface area contributed by atoms with Gasteiger partial charge in [0.25, 0.3) is 22.4 Å². The molecule has 15 N–H and O–H groups in total. The van der Waals surface area contributed by atoms with Crippen LogP contribution < -0.4 is 32.9 Å². The summed E-state index contributed by atoms with van der Waals surface area (Å²) in [5.74, 6) is -0.627. The molecule has 16 atom stereocenters. The van der Waals surface area contributed by atoms with Crippen LogP contribution in [0.1, 0.15) is 18.7 Å². The Morgan fingerprint density at radius 1 is 0.693 bits per heavy atom. The Morgan fingerprint density at radius 3 is 1.80 bits per heavy atom. The van der Waals surface area contributed by atoms with Crippen molar-refractivity contribution in [1.29, 1.82) is 0 Å². The first-order valence-corrected chi connectivity index (χ1v) is 29.4. The van der Waals surface area contributed by atoms with Crippen molar-refractivity contribution in [2.45, 2.75) is 73.6 Å². The number of aryl methyl sites for hydroxylation is 1. The number of thiol groups is 1. The lowest BCUT2D eigenvalue weighted by atomic mass is 10.1. The molecule has 0 amide bonds. The second kappa shape index (κ2) is 20.8. The first kappa shape index (κ1) is 55.4. The SMILES string of the molecule is COC1C(OP(=O)(O)OCC2OC(n3cnc4c(=O)[nH]c(N)nc43)C(O)C2O)C(COP(=O)(O)OP(=S)(S)OP(=O)(O)OCC2OC(n3c[n+](C)c4c(=O)[nH]c(N)nc43)C(O)C2O)OC1n1cnc2c(N)ncnc21. The van der Waals surface area contributed by atoms with Gasteiger partial charge in [-0.25, -0.2) is 46.8 Å². The first-order valence-electron chi connectivity index (χ1n) is 21.2. The molecule has 37 nitrogen and oxygen atoms in total. The molecule has 6 aromatic rings. The molecule has 410 valence electrons. The molecule has 3 fully saturated rings. The van der Waals surface area contributed by atoms with E-state index in [4.69, 9.17) is 74.7 Å². The molecule has 0 aromatic carbocycles. The van der Waals surface area contributed by atoms with Gasteiger partial charge in [0, 0.05) is 7.11 Å². The molecule has 3 aliphatic rings. The number of nitrogens with zero attached hydrogens (tertiary/aromatic N) is 10. The van der Waals surface area contributed by atoms with Gasteiger partial charge >= 0.3 is 29.0 Å². The van der Waals surface area contributed by atoms with E-state index >= 15 is 0 Å². The lowest BCUT2D eigenvalue weighted by Crippen LogP contribution is -2.38. The minimum atomic E-state index is -5.58. The van der Waals surface area contributed by atoms with Crippen LogP contribution in [0.4, 0.5) is 17.7 Å². The van der Waals surface area contributed by atoms with E-state index in [1.807, 2.05) is 0 Å². The molecule has 0 saturated carbocycles. The molecule has 0 aliphatic carbocycles. The smallest absolute Gasteiger partial charge is 0.387 e. The Hall–Kier alpha value is -4.34. The molecular weight excluding hydrogens is 1130 g/mol. The van der Waals surface area contributed by atoms with E-state index in [1.165, 1.54) is 33.4 Å². The highest BCUT2D eigenvalue weighted by atomic mass is 32.9. The van der Waals surface area contributed by atoms with Crippen molar-refractivity contribution in [3.8, 4) is 0 Å². The Kier molecular flexibility index (Phi) is 15.4. The summed E-state index contributed by atoms with van der Waals surface area (Å²) in [5, 5.41) is 43.4. The number of H-pyrrole nitrogens is 2. The number of imidazole rings is 3. The summed E-state index contributed by atoms with van der Waals surface area (Å²) in [7, 11) is -13.8. The van der Waals surface area contributed by atoms with Crippen molar-refractivity contribution in [3.05, 3.63) is 46.0 Å². The summed E-state index contributed by atoms with van der Waals surface area (Å²) in [4.78, 5) is 86.1. The monoisotopic (exact) mass is 1180 g/mol. The standard InChI is InChI=1S/C32H43N15O22P4S2/c1-44-9-47(25-15(44)27(53)43-32(35)41-25)29-19(51)17(49)11(65-29)4-62-71(56,57)68-73(74,75)69-72(58,59)63-5-12-20(21(60-2)30(66-12)45-7-38-13-22(33)36-6-37-23(13)45)67-70(54,55)61-3-10-16(48)18(50)28(64-10)46-8-39-14-24(46)40-31(34)42-26(14)52/h6-12,16-21,28-30,48-51H,3-5H2,1-2H3,(H11-,33,34,35,36,37,40,41,42,43,52,53,54,55,56,57,58,59,74,75)/p+1. The number of phosphoric ester groups is 3. The van der Waals surface area contributed by atoms with E-state index in [9.17, 15) is 58.4 Å². The first-order chi connectivity index (χ1) is 35.2. The molecule has 9 rings (SSSR count). The number of rotatable bonds is 19. The zero-order chi connectivity index (χ0) is 54.3. The molecule has 3 aliphatic heterocycles. The molecule has 9 heterocycles. The van der Waals surface area contributed by atoms with E-state index < -0.39 is 134 Å². The minimum Gasteiger partial charge on any atom is -0.387 e. The van der Waals surface area contributed by atoms with Gasteiger partial charge in [-0.3, -0.25) is 46.8 Å². The number of aliphatic hydroxyl groups is 4. The van der Waals surface area contributed by atoms with Gasteiger partial charge in [0.2, 0.25) is 24.5 Å². The number of anilines is 3. The fourth-order valence-electron chi connectivity index (χ4n) is 8.29. The summed E-state index contributed by atoms with van der Waals surface area (Å²) in [5.41, 5.74) is 11.1. The number of aliphatic hydroxyl groups excluding tert-OH is 4. The lowest BCUT2D eigenvalue weighted by Gasteiger charge is -2.26. The van der Waals surface area contributed by atoms with Crippen LogP contribution in [0.3, 0.4) is 0 Å². The normalized spacial score (nSPS) is 30.5. The number of hydrogen-bond donors (Lipinski definition) is 13. The molecule has 0 bridgehead atoms. The van der Waals surface area contributed by atoms with E-state index in [0.717, 1.165) is 24.3 Å². The van der Waals surface area contributed by atoms with Crippen molar-refractivity contribution >= 4 is 104 Å². The third-order valence-corrected chi connectivity index (χ3v) is 19.3. The Morgan fingerprint density at radius 2 is 1.20 bits per heavy atom. The fraction of sp³-hybridized carbons (Fsp3) is 0.531. The Labute approximate surface area is 426 Å². The summed E-state index contributed by atoms with van der Waals surface area (Å²) in [6.07, 6.45) is -14.8. The number of ether oxygens (including phenoxy) is 4. The number of aromatic amines is 2. The van der Waals surface area contributed by atoms with Crippen LogP contribution in [0.15, 0.2) is 34.9 Å². The largest absolute Gasteiger partial charge is 0.478 e. The number of nitrogens with two attached hydrogens (primary N) is 3. The maximum Gasteiger partial charge on any atom is 0.478 e. The highest BCUT2D eigenvalue weighted by molar-refractivity contribution is 8.61. The number of nitrogens with one attached hydrogen (secondary N) is 2. The molecule has 43 heteroatoms. The van der Waals surface area contributed by atoms with Crippen LogP contribution in [0.2, 0.25) is 0 Å². The maximum absolute atomic E-state index is 13.7. The molecule has 16 unspecified atom stereocenters. The number of phosphoric acid groups is 3. The van der Waals surface area contributed by atoms with Crippen LogP contribution in [0.5, 0.6) is 0 Å². The third kappa shape index (κ3) is 11.2. The molecule has 6 aromatic heterocycles. The summed E-state index contributed by atoms with van der Waals surface area (Å²) < 4.78 is 98.8. The maximum atomic E-state index is 13.7. The molecule has 0 spiro atoms. The Balaban J connectivity index is 0.862. The predicted molar refractivity (Wildman–Crippen MR) is 252 cm³/mol. The number of aromatic nitrogens is 12. The van der Waals surface area contributed by atoms with Gasteiger partial charge < -0.3 is 71.3 Å². The second-order valence-corrected chi connectivity index (χ2v) is 26.3. The van der Waals surface area contributed by atoms with Crippen LogP contribution in [0, 0.1) is 0 Å². The number of hydrogen-bond acceptors (Lipinski definition) is 29. The summed E-state index contributed by atoms with van der Waals surface area (Å²) in [6.45, 7) is -3.02. The quantitative estimate of drug-likeness (QED) is 0.0211. The zero-order valence-electron chi connectivity index (χ0n) is 38.0. The molecule has 3 saturated heterocycles. The summed E-state index contributed by atoms with van der Waals surface area (Å²) >= 11 is 8.88. The van der Waals surface area contributed by atoms with Crippen LogP contribution >= 0.6 is 41.4 Å². The van der Waals surface area contributed by atoms with Gasteiger partial charge in [0.1, 0.15) is 66.8 Å². The van der Waals surface area contributed by atoms with Crippen molar-refractivity contribution < 1.29 is 99.0 Å². The molecular formula is C32H44N15O22P4S2+. The van der Waals surface area contributed by atoms with Crippen molar-refractivity contribution in [3.63, 3.8) is 0 Å². The van der Waals surface area contributed by atoms with Crippen molar-refractivity contribution in [2.24, 2.45) is 7.05 Å². The second-order valence-electron chi connectivity index (χ2n) is 16.5. The Bertz CT molecular complexity index is 3480. The van der Waals surface area contributed by atoms with Crippen LogP contribution in [-0.2, 0) is 78.2 Å². The van der Waals surface area contributed by atoms with Crippen LogP contribution in [0.25, 0.3) is 33.5 Å². The van der Waals surface area contributed by atoms with E-state index in [1.54, 1.807) is 0 Å². The number of fused-ring (bicyclic) bond motifs is 3. The van der Waals surface area contributed by atoms with Crippen molar-refractivity contribution in [1.82, 2.24) is 53.6 Å². The lowest BCUT2D eigenvalue weighted by molar-refractivity contribution is -0.646. The van der Waals surface area contributed by atoms with Gasteiger partial charge in [-0.15, -0.1) is 0 Å². The van der Waals surface area contributed by atoms with E-state index in [-0.39, 0.29) is 51.2 Å². The zero-order valence-corrected chi connectivity index (χ0v) is 43.3. The molecule has 75 heavy (non-hydrogen) atoms. The fourth-order valence-corrected chi connectivity index (χ4v) is 15.9. The third-order valence-electron chi connectivity index (χ3n) is 11.6. The van der Waals surface area contributed by atoms with E-state index in [2.05, 4.69) is 52.1 Å². The van der Waals surface area contributed by atoms with Gasteiger partial charge in [-0.2, -0.15) is 14.5 Å². The topological polar surface area (TPSA) is 525 Å². The average Bonchev–Trinajstić information content (AvgIpc) is 4.17. The molecule has 0 radical (unpaired) electrons. The van der Waals surface area contributed by atoms with E-state index in [0.29, 0.717) is 0 Å². The van der Waals surface area contributed by atoms with Gasteiger partial charge in [0.15, 0.2) is 35.1 Å². The van der Waals surface area contributed by atoms with Gasteiger partial charge in [-0.1, -0.05) is 12.2 Å². The minimum absolute atomic E-state index is 0.0183. The van der Waals surface area contributed by atoms with Crippen LogP contribution in [-0.4, -0.2) is 171 Å². The predicted octanol–water partition coefficient (Wildman–Crippen LogP) is -3.66. The average molecular weight is 1180 g/mol. The highest BCUT2D eigenvalue weighted by Crippen LogP contribution is 2.72. The highest BCUT2D eigenvalue weighted by Gasteiger charge is 2.53. The van der Waals surface area contributed by atoms with Crippen molar-refractivity contribution in [2.75, 3.05) is 44.1 Å². The number of methoxy groups -OCH3 is 1. The summed E-state index contributed by atoms with van der Waals surface area (Å²) in [6, 6.07) is 0. The number of nitrogen functional groups attached to an aromatic ring is 3. The van der Waals surface area contributed by atoms with Gasteiger partial charge in [-0.05, 0) is 11.8 Å². The van der Waals surface area contributed by atoms with Gasteiger partial charge in [0.05, 0.1) is 39.5 Å².